The minimum absolute atomic E-state index is 0.0502. The van der Waals surface area contributed by atoms with Crippen LogP contribution in [0, 0.1) is 0 Å². The third-order valence-corrected chi connectivity index (χ3v) is 2.95. The van der Waals surface area contributed by atoms with Crippen molar-refractivity contribution >= 4 is 24.0 Å². The molecule has 0 radical (unpaired) electrons. The highest BCUT2D eigenvalue weighted by atomic mass is 16.5. The number of ether oxygens (including phenoxy) is 1. The van der Waals surface area contributed by atoms with Gasteiger partial charge in [0.25, 0.3) is 10.9 Å². The van der Waals surface area contributed by atoms with E-state index in [0.29, 0.717) is 5.69 Å². The number of carbonyl (C=O) groups is 1. The minimum atomic E-state index is -0.626. The molecule has 0 aliphatic rings. The Morgan fingerprint density at radius 2 is 2.05 bits per heavy atom. The van der Waals surface area contributed by atoms with Crippen molar-refractivity contribution in [3.8, 4) is 5.75 Å². The number of carbonyl (C=O) groups excluding carboxylic acids is 1. The van der Waals surface area contributed by atoms with Crippen LogP contribution in [0.5, 0.6) is 5.75 Å². The maximum Gasteiger partial charge on any atom is 0.272 e. The van der Waals surface area contributed by atoms with Crippen molar-refractivity contribution in [3.05, 3.63) is 50.3 Å². The molecule has 6 heteroatoms. The van der Waals surface area contributed by atoms with Crippen LogP contribution in [-0.4, -0.2) is 18.7 Å². The van der Waals surface area contributed by atoms with Crippen molar-refractivity contribution in [1.29, 1.82) is 0 Å². The Morgan fingerprint density at radius 3 is 2.68 bits per heavy atom. The molecule has 0 aromatic heterocycles. The van der Waals surface area contributed by atoms with Crippen LogP contribution in [0.2, 0.25) is 0 Å². The summed E-state index contributed by atoms with van der Waals surface area (Å²) in [4.78, 5) is 37.8. The van der Waals surface area contributed by atoms with Crippen LogP contribution in [0.4, 0.5) is 11.4 Å². The molecule has 0 saturated heterocycles. The van der Waals surface area contributed by atoms with Gasteiger partial charge in [0.05, 0.1) is 12.5 Å². The average Bonchev–Trinajstić information content (AvgIpc) is 2.50. The summed E-state index contributed by atoms with van der Waals surface area (Å²) in [5, 5.41) is 2.87. The summed E-state index contributed by atoms with van der Waals surface area (Å²) in [5.74, 6) is -0.288. The van der Waals surface area contributed by atoms with Crippen LogP contribution in [0.1, 0.15) is 19.4 Å². The lowest BCUT2D eigenvalue weighted by molar-refractivity contribution is -0.117. The van der Waals surface area contributed by atoms with E-state index in [4.69, 9.17) is 4.74 Å². The van der Waals surface area contributed by atoms with Crippen molar-refractivity contribution in [1.82, 2.24) is 0 Å². The molecule has 0 spiro atoms. The lowest BCUT2D eigenvalue weighted by Gasteiger charge is -2.16. The van der Waals surface area contributed by atoms with Gasteiger partial charge in [-0.3, -0.25) is 14.4 Å². The summed E-state index contributed by atoms with van der Waals surface area (Å²) in [6, 6.07) is 6.94. The first-order valence-corrected chi connectivity index (χ1v) is 6.78. The molecule has 22 heavy (non-hydrogen) atoms. The van der Waals surface area contributed by atoms with Gasteiger partial charge in [-0.25, -0.2) is 4.99 Å². The lowest BCUT2D eigenvalue weighted by atomic mass is 10.1. The number of rotatable bonds is 6. The molecule has 6 nitrogen and oxygen atoms in total. The largest absolute Gasteiger partial charge is 0.485 e. The predicted molar refractivity (Wildman–Crippen MR) is 85.1 cm³/mol. The summed E-state index contributed by atoms with van der Waals surface area (Å²) in [5.41, 5.74) is 0.231. The van der Waals surface area contributed by atoms with Gasteiger partial charge in [-0.1, -0.05) is 12.1 Å². The summed E-state index contributed by atoms with van der Waals surface area (Å²) in [6.07, 6.45) is -0.0770. The molecule has 0 aliphatic carbocycles. The number of hydrogen-bond donors (Lipinski definition) is 1. The molecule has 114 valence electrons. The topological polar surface area (TPSA) is 84.8 Å². The van der Waals surface area contributed by atoms with E-state index in [1.807, 2.05) is 0 Å². The SMILES string of the molecule is C=NC(=O)Cc1cccc(Nc2c(OC(C)C)c(=O)c2=O)c1. The number of amides is 1. The van der Waals surface area contributed by atoms with E-state index in [-0.39, 0.29) is 29.9 Å². The fourth-order valence-corrected chi connectivity index (χ4v) is 1.97. The van der Waals surface area contributed by atoms with E-state index in [2.05, 4.69) is 17.0 Å². The number of nitrogens with one attached hydrogen (secondary N) is 1. The first kappa shape index (κ1) is 15.6. The monoisotopic (exact) mass is 300 g/mol. The molecule has 0 aliphatic heterocycles. The molecule has 2 aromatic carbocycles. The van der Waals surface area contributed by atoms with Crippen molar-refractivity contribution < 1.29 is 9.53 Å². The van der Waals surface area contributed by atoms with Crippen LogP contribution >= 0.6 is 0 Å². The zero-order valence-electron chi connectivity index (χ0n) is 12.4. The normalized spacial score (nSPS) is 10.7. The number of hydrogen-bond acceptors (Lipinski definition) is 5. The molecule has 0 bridgehead atoms. The first-order chi connectivity index (χ1) is 10.4. The van der Waals surface area contributed by atoms with Crippen LogP contribution in [-0.2, 0) is 11.2 Å². The highest BCUT2D eigenvalue weighted by Gasteiger charge is 2.23. The summed E-state index contributed by atoms with van der Waals surface area (Å²) >= 11 is 0. The number of aliphatic imine (C=N–C) groups is 1. The molecular formula is C16H16N2O4. The standard InChI is InChI=1S/C16H16N2O4/c1-9(2)22-16-13(14(20)15(16)21)18-11-6-4-5-10(7-11)8-12(19)17-3/h4-7,9,18H,3,8H2,1-2H3. The Kier molecular flexibility index (Phi) is 4.50. The van der Waals surface area contributed by atoms with Crippen LogP contribution in [0.15, 0.2) is 38.8 Å². The van der Waals surface area contributed by atoms with Crippen molar-refractivity contribution in [2.75, 3.05) is 5.32 Å². The molecule has 0 saturated carbocycles. The quantitative estimate of drug-likeness (QED) is 0.647. The Balaban J connectivity index is 2.21. The van der Waals surface area contributed by atoms with Gasteiger partial charge in [0, 0.05) is 5.69 Å². The third kappa shape index (κ3) is 3.28. The summed E-state index contributed by atoms with van der Waals surface area (Å²) in [7, 11) is 0. The molecule has 0 atom stereocenters. The molecule has 1 amide bonds. The van der Waals surface area contributed by atoms with Gasteiger partial charge in [0.1, 0.15) is 5.69 Å². The van der Waals surface area contributed by atoms with Crippen LogP contribution in [0.3, 0.4) is 0 Å². The van der Waals surface area contributed by atoms with E-state index in [0.717, 1.165) is 5.56 Å². The highest BCUT2D eigenvalue weighted by Crippen LogP contribution is 2.24. The van der Waals surface area contributed by atoms with Gasteiger partial charge in [0.15, 0.2) is 5.75 Å². The van der Waals surface area contributed by atoms with Gasteiger partial charge in [-0.15, -0.1) is 0 Å². The molecule has 0 unspecified atom stereocenters. The van der Waals surface area contributed by atoms with E-state index < -0.39 is 10.9 Å². The number of anilines is 2. The molecule has 0 heterocycles. The minimum Gasteiger partial charge on any atom is -0.485 e. The molecule has 2 rings (SSSR count). The van der Waals surface area contributed by atoms with Crippen LogP contribution < -0.4 is 20.9 Å². The fourth-order valence-electron chi connectivity index (χ4n) is 1.97. The zero-order valence-corrected chi connectivity index (χ0v) is 12.4. The second kappa shape index (κ2) is 6.34. The number of nitrogens with zero attached hydrogens (tertiary/aromatic N) is 1. The Labute approximate surface area is 127 Å². The van der Waals surface area contributed by atoms with Crippen LogP contribution in [0.25, 0.3) is 0 Å². The van der Waals surface area contributed by atoms with Gasteiger partial charge in [0.2, 0.25) is 5.91 Å². The average molecular weight is 300 g/mol. The van der Waals surface area contributed by atoms with Gasteiger partial charge in [-0.2, -0.15) is 0 Å². The fraction of sp³-hybridized carbons (Fsp3) is 0.250. The predicted octanol–water partition coefficient (Wildman–Crippen LogP) is 1.58. The maximum atomic E-state index is 11.6. The van der Waals surface area contributed by atoms with E-state index in [9.17, 15) is 14.4 Å². The summed E-state index contributed by atoms with van der Waals surface area (Å²) < 4.78 is 5.34. The Bertz CT molecular complexity index is 786. The lowest BCUT2D eigenvalue weighted by Crippen LogP contribution is -2.36. The summed E-state index contributed by atoms with van der Waals surface area (Å²) in [6.45, 7) is 6.73. The maximum absolute atomic E-state index is 11.6. The first-order valence-electron chi connectivity index (χ1n) is 6.78. The molecule has 1 N–H and O–H groups in total. The van der Waals surface area contributed by atoms with Gasteiger partial charge in [-0.05, 0) is 38.3 Å². The Hall–Kier alpha value is -2.76. The smallest absolute Gasteiger partial charge is 0.272 e. The van der Waals surface area contributed by atoms with Crippen molar-refractivity contribution in [2.45, 2.75) is 26.4 Å². The Morgan fingerprint density at radius 1 is 1.32 bits per heavy atom. The van der Waals surface area contributed by atoms with E-state index >= 15 is 0 Å². The van der Waals surface area contributed by atoms with Gasteiger partial charge < -0.3 is 10.1 Å². The molecular weight excluding hydrogens is 284 g/mol. The van der Waals surface area contributed by atoms with Crippen molar-refractivity contribution in [2.24, 2.45) is 4.99 Å². The second-order valence-electron chi connectivity index (χ2n) is 5.08. The zero-order chi connectivity index (χ0) is 16.3. The van der Waals surface area contributed by atoms with E-state index in [1.165, 1.54) is 0 Å². The second-order valence-corrected chi connectivity index (χ2v) is 5.08. The molecule has 0 fully saturated rings. The highest BCUT2D eigenvalue weighted by molar-refractivity contribution is 5.83. The number of benzene rings is 1. The van der Waals surface area contributed by atoms with E-state index in [1.54, 1.807) is 38.1 Å². The third-order valence-electron chi connectivity index (χ3n) is 2.95. The van der Waals surface area contributed by atoms with Crippen molar-refractivity contribution in [3.63, 3.8) is 0 Å². The van der Waals surface area contributed by atoms with Gasteiger partial charge >= 0.3 is 0 Å². The molecule has 2 aromatic rings.